The van der Waals surface area contributed by atoms with Gasteiger partial charge in [-0.2, -0.15) is 0 Å². The third-order valence-electron chi connectivity index (χ3n) is 2.22. The summed E-state index contributed by atoms with van der Waals surface area (Å²) in [5, 5.41) is 2.83. The Labute approximate surface area is 96.7 Å². The second kappa shape index (κ2) is 5.91. The van der Waals surface area contributed by atoms with Crippen molar-refractivity contribution in [2.45, 2.75) is 20.3 Å². The van der Waals surface area contributed by atoms with Gasteiger partial charge in [-0.3, -0.25) is 4.79 Å². The van der Waals surface area contributed by atoms with Crippen LogP contribution in [0.15, 0.2) is 48.6 Å². The fraction of sp³-hybridized carbons (Fsp3) is 0.214. The lowest BCUT2D eigenvalue weighted by molar-refractivity contribution is -0.112. The Morgan fingerprint density at radius 2 is 2.00 bits per heavy atom. The predicted molar refractivity (Wildman–Crippen MR) is 68.4 cm³/mol. The summed E-state index contributed by atoms with van der Waals surface area (Å²) in [4.78, 5) is 11.8. The van der Waals surface area contributed by atoms with Crippen LogP contribution in [0.4, 0.5) is 5.69 Å². The molecule has 0 aliphatic rings. The van der Waals surface area contributed by atoms with Crippen LogP contribution in [0, 0.1) is 6.92 Å². The lowest BCUT2D eigenvalue weighted by Crippen LogP contribution is -2.13. The molecule has 0 spiro atoms. The van der Waals surface area contributed by atoms with Crippen LogP contribution >= 0.6 is 0 Å². The van der Waals surface area contributed by atoms with Gasteiger partial charge in [-0.1, -0.05) is 43.4 Å². The first kappa shape index (κ1) is 12.2. The van der Waals surface area contributed by atoms with Gasteiger partial charge in [0.1, 0.15) is 0 Å². The maximum absolute atomic E-state index is 11.8. The van der Waals surface area contributed by atoms with Crippen LogP contribution in [0.2, 0.25) is 0 Å². The molecule has 0 aromatic heterocycles. The molecular weight excluding hydrogens is 198 g/mol. The van der Waals surface area contributed by atoms with E-state index in [1.54, 1.807) is 6.08 Å². The lowest BCUT2D eigenvalue weighted by atomic mass is 10.2. The SMILES string of the molecule is C=C/C(=C\CC)C(=O)Nc1ccc(C)cc1. The first-order valence-electron chi connectivity index (χ1n) is 5.38. The summed E-state index contributed by atoms with van der Waals surface area (Å²) >= 11 is 0. The molecule has 0 heterocycles. The fourth-order valence-corrected chi connectivity index (χ4v) is 1.33. The minimum atomic E-state index is -0.110. The van der Waals surface area contributed by atoms with Crippen LogP contribution in [-0.4, -0.2) is 5.91 Å². The van der Waals surface area contributed by atoms with Gasteiger partial charge in [0.25, 0.3) is 5.91 Å². The first-order valence-corrected chi connectivity index (χ1v) is 5.38. The zero-order valence-corrected chi connectivity index (χ0v) is 9.79. The summed E-state index contributed by atoms with van der Waals surface area (Å²) in [5.41, 5.74) is 2.59. The summed E-state index contributed by atoms with van der Waals surface area (Å²) in [7, 11) is 0. The number of carbonyl (C=O) groups excluding carboxylic acids is 1. The van der Waals surface area contributed by atoms with Crippen LogP contribution in [-0.2, 0) is 4.79 Å². The second-order valence-corrected chi connectivity index (χ2v) is 3.59. The van der Waals surface area contributed by atoms with Gasteiger partial charge < -0.3 is 5.32 Å². The third-order valence-corrected chi connectivity index (χ3v) is 2.22. The standard InChI is InChI=1S/C14H17NO/c1-4-6-12(5-2)14(16)15-13-9-7-11(3)8-10-13/h5-10H,2,4H2,1,3H3,(H,15,16)/b12-6+. The van der Waals surface area contributed by atoms with Crippen molar-refractivity contribution in [1.82, 2.24) is 0 Å². The molecule has 1 N–H and O–H groups in total. The summed E-state index contributed by atoms with van der Waals surface area (Å²) in [6.45, 7) is 7.63. The first-order chi connectivity index (χ1) is 7.67. The molecule has 0 radical (unpaired) electrons. The van der Waals surface area contributed by atoms with Crippen molar-refractivity contribution in [2.75, 3.05) is 5.32 Å². The number of rotatable bonds is 4. The highest BCUT2D eigenvalue weighted by molar-refractivity contribution is 6.05. The van der Waals surface area contributed by atoms with E-state index in [0.717, 1.165) is 12.1 Å². The molecule has 84 valence electrons. The van der Waals surface area contributed by atoms with E-state index in [-0.39, 0.29) is 5.91 Å². The smallest absolute Gasteiger partial charge is 0.255 e. The Balaban J connectivity index is 2.74. The largest absolute Gasteiger partial charge is 0.322 e. The van der Waals surface area contributed by atoms with Gasteiger partial charge >= 0.3 is 0 Å². The molecule has 0 fully saturated rings. The van der Waals surface area contributed by atoms with Crippen molar-refractivity contribution in [3.8, 4) is 0 Å². The average molecular weight is 215 g/mol. The van der Waals surface area contributed by atoms with Crippen LogP contribution in [0.3, 0.4) is 0 Å². The molecule has 0 unspecified atom stereocenters. The van der Waals surface area contributed by atoms with E-state index < -0.39 is 0 Å². The van der Waals surface area contributed by atoms with Gasteiger partial charge in [0.05, 0.1) is 0 Å². The molecule has 1 aromatic rings. The Bertz CT molecular complexity index is 401. The molecule has 1 amide bonds. The van der Waals surface area contributed by atoms with E-state index in [1.807, 2.05) is 44.2 Å². The van der Waals surface area contributed by atoms with Crippen molar-refractivity contribution >= 4 is 11.6 Å². The Kier molecular flexibility index (Phi) is 4.52. The molecule has 1 rings (SSSR count). The number of allylic oxidation sites excluding steroid dienone is 1. The van der Waals surface area contributed by atoms with Crippen LogP contribution in [0.25, 0.3) is 0 Å². The van der Waals surface area contributed by atoms with E-state index in [1.165, 1.54) is 5.56 Å². The maximum Gasteiger partial charge on any atom is 0.255 e. The number of aryl methyl sites for hydroxylation is 1. The molecule has 0 aliphatic carbocycles. The third kappa shape index (κ3) is 3.39. The van der Waals surface area contributed by atoms with Gasteiger partial charge in [-0.05, 0) is 25.5 Å². The zero-order valence-electron chi connectivity index (χ0n) is 9.79. The quantitative estimate of drug-likeness (QED) is 0.605. The van der Waals surface area contributed by atoms with Crippen molar-refractivity contribution < 1.29 is 4.79 Å². The summed E-state index contributed by atoms with van der Waals surface area (Å²) in [5.74, 6) is -0.110. The average Bonchev–Trinajstić information content (AvgIpc) is 2.29. The minimum Gasteiger partial charge on any atom is -0.322 e. The van der Waals surface area contributed by atoms with Gasteiger partial charge in [0.2, 0.25) is 0 Å². The molecule has 2 nitrogen and oxygen atoms in total. The number of carbonyl (C=O) groups is 1. The van der Waals surface area contributed by atoms with E-state index in [9.17, 15) is 4.79 Å². The number of hydrogen-bond acceptors (Lipinski definition) is 1. The van der Waals surface area contributed by atoms with Crippen molar-refractivity contribution in [2.24, 2.45) is 0 Å². The number of hydrogen-bond donors (Lipinski definition) is 1. The summed E-state index contributed by atoms with van der Waals surface area (Å²) in [6, 6.07) is 7.71. The van der Waals surface area contributed by atoms with E-state index in [0.29, 0.717) is 5.57 Å². The lowest BCUT2D eigenvalue weighted by Gasteiger charge is -2.05. The Hall–Kier alpha value is -1.83. The molecular formula is C14H17NO. The zero-order chi connectivity index (χ0) is 12.0. The summed E-state index contributed by atoms with van der Waals surface area (Å²) in [6.07, 6.45) is 4.26. The van der Waals surface area contributed by atoms with Crippen molar-refractivity contribution in [3.05, 3.63) is 54.1 Å². The molecule has 1 aromatic carbocycles. The molecule has 2 heteroatoms. The second-order valence-electron chi connectivity index (χ2n) is 3.59. The maximum atomic E-state index is 11.8. The van der Waals surface area contributed by atoms with E-state index >= 15 is 0 Å². The molecule has 16 heavy (non-hydrogen) atoms. The van der Waals surface area contributed by atoms with Crippen LogP contribution < -0.4 is 5.32 Å². The van der Waals surface area contributed by atoms with Gasteiger partial charge in [0.15, 0.2) is 0 Å². The molecule has 0 saturated heterocycles. The van der Waals surface area contributed by atoms with E-state index in [4.69, 9.17) is 0 Å². The van der Waals surface area contributed by atoms with Gasteiger partial charge in [-0.25, -0.2) is 0 Å². The van der Waals surface area contributed by atoms with Gasteiger partial charge in [-0.15, -0.1) is 0 Å². The van der Waals surface area contributed by atoms with Crippen LogP contribution in [0.5, 0.6) is 0 Å². The predicted octanol–water partition coefficient (Wildman–Crippen LogP) is 3.46. The highest BCUT2D eigenvalue weighted by Crippen LogP contribution is 2.10. The highest BCUT2D eigenvalue weighted by Gasteiger charge is 2.04. The van der Waals surface area contributed by atoms with Crippen molar-refractivity contribution in [1.29, 1.82) is 0 Å². The Morgan fingerprint density at radius 3 is 2.50 bits per heavy atom. The summed E-state index contributed by atoms with van der Waals surface area (Å²) < 4.78 is 0. The molecule has 0 aliphatic heterocycles. The fourth-order valence-electron chi connectivity index (χ4n) is 1.33. The number of nitrogens with one attached hydrogen (secondary N) is 1. The van der Waals surface area contributed by atoms with Crippen LogP contribution in [0.1, 0.15) is 18.9 Å². The molecule has 0 saturated carbocycles. The minimum absolute atomic E-state index is 0.110. The monoisotopic (exact) mass is 215 g/mol. The van der Waals surface area contributed by atoms with Crippen molar-refractivity contribution in [3.63, 3.8) is 0 Å². The highest BCUT2D eigenvalue weighted by atomic mass is 16.1. The normalized spacial score (nSPS) is 11.0. The number of anilines is 1. The Morgan fingerprint density at radius 1 is 1.38 bits per heavy atom. The molecule has 0 bridgehead atoms. The number of benzene rings is 1. The van der Waals surface area contributed by atoms with E-state index in [2.05, 4.69) is 11.9 Å². The topological polar surface area (TPSA) is 29.1 Å². The van der Waals surface area contributed by atoms with Gasteiger partial charge in [0, 0.05) is 11.3 Å². The molecule has 0 atom stereocenters. The number of amides is 1.